The van der Waals surface area contributed by atoms with Gasteiger partial charge in [-0.25, -0.2) is 0 Å². The first-order valence-electron chi connectivity index (χ1n) is 5.77. The van der Waals surface area contributed by atoms with Crippen LogP contribution in [0.1, 0.15) is 31.1 Å². The van der Waals surface area contributed by atoms with E-state index in [2.05, 4.69) is 18.3 Å². The minimum atomic E-state index is -0.0300. The van der Waals surface area contributed by atoms with Crippen LogP contribution < -0.4 is 5.32 Å². The molecule has 15 heavy (non-hydrogen) atoms. The van der Waals surface area contributed by atoms with Gasteiger partial charge in [0.1, 0.15) is 11.3 Å². The molecule has 2 atom stereocenters. The lowest BCUT2D eigenvalue weighted by molar-refractivity contribution is 0.0938. The highest BCUT2D eigenvalue weighted by Crippen LogP contribution is 2.39. The Labute approximate surface area is 89.8 Å². The molecule has 2 unspecified atom stereocenters. The maximum Gasteiger partial charge on any atom is 0.129 e. The predicted molar refractivity (Wildman–Crippen MR) is 56.7 cm³/mol. The van der Waals surface area contributed by atoms with Crippen LogP contribution in [-0.4, -0.2) is 19.3 Å². The molecule has 1 saturated heterocycles. The molecule has 2 aliphatic rings. The topological polar surface area (TPSA) is 34.4 Å². The van der Waals surface area contributed by atoms with Gasteiger partial charge < -0.3 is 14.5 Å². The average Bonchev–Trinajstić information content (AvgIpc) is 2.86. The van der Waals surface area contributed by atoms with E-state index < -0.39 is 0 Å². The number of ether oxygens (including phenoxy) is 1. The molecule has 3 heterocycles. The number of fused-ring (bicyclic) bond motifs is 2. The molecule has 3 nitrogen and oxygen atoms in total. The predicted octanol–water partition coefficient (Wildman–Crippen LogP) is 1.82. The van der Waals surface area contributed by atoms with Gasteiger partial charge in [0.25, 0.3) is 0 Å². The highest BCUT2D eigenvalue weighted by molar-refractivity contribution is 5.29. The lowest BCUT2D eigenvalue weighted by atomic mass is 9.86. The number of furan rings is 1. The number of hydrogen-bond acceptors (Lipinski definition) is 3. The van der Waals surface area contributed by atoms with Crippen LogP contribution in [0.15, 0.2) is 16.7 Å². The third-order valence-corrected chi connectivity index (χ3v) is 3.64. The van der Waals surface area contributed by atoms with Crippen LogP contribution in [0.25, 0.3) is 0 Å². The molecule has 1 spiro atoms. The molecule has 1 aromatic heterocycles. The minimum Gasteiger partial charge on any atom is -0.467 e. The summed E-state index contributed by atoms with van der Waals surface area (Å²) >= 11 is 0. The normalized spacial score (nSPS) is 34.6. The van der Waals surface area contributed by atoms with Crippen LogP contribution in [0.4, 0.5) is 0 Å². The van der Waals surface area contributed by atoms with E-state index in [-0.39, 0.29) is 5.54 Å². The summed E-state index contributed by atoms with van der Waals surface area (Å²) in [6.45, 7) is 3.97. The van der Waals surface area contributed by atoms with Gasteiger partial charge in [0.2, 0.25) is 0 Å². The van der Waals surface area contributed by atoms with Crippen LogP contribution >= 0.6 is 0 Å². The van der Waals surface area contributed by atoms with Crippen LogP contribution in [0.2, 0.25) is 0 Å². The largest absolute Gasteiger partial charge is 0.467 e. The van der Waals surface area contributed by atoms with E-state index in [0.717, 1.165) is 38.2 Å². The van der Waals surface area contributed by atoms with Gasteiger partial charge in [0.15, 0.2) is 0 Å². The average molecular weight is 207 g/mol. The first kappa shape index (κ1) is 9.43. The van der Waals surface area contributed by atoms with Gasteiger partial charge in [-0.3, -0.25) is 0 Å². The Morgan fingerprint density at radius 2 is 2.53 bits per heavy atom. The lowest BCUT2D eigenvalue weighted by Gasteiger charge is -2.32. The molecule has 0 bridgehead atoms. The smallest absolute Gasteiger partial charge is 0.129 e. The Morgan fingerprint density at radius 3 is 3.33 bits per heavy atom. The fraction of sp³-hybridized carbons (Fsp3) is 0.667. The summed E-state index contributed by atoms with van der Waals surface area (Å²) in [5, 5.41) is 3.58. The monoisotopic (exact) mass is 207 g/mol. The summed E-state index contributed by atoms with van der Waals surface area (Å²) in [5.41, 5.74) is 1.33. The molecule has 0 radical (unpaired) electrons. The van der Waals surface area contributed by atoms with Crippen LogP contribution in [0, 0.1) is 0 Å². The first-order chi connectivity index (χ1) is 7.34. The van der Waals surface area contributed by atoms with Crippen LogP contribution in [-0.2, 0) is 16.7 Å². The number of nitrogens with one attached hydrogen (secondary N) is 1. The quantitative estimate of drug-likeness (QED) is 0.762. The fourth-order valence-corrected chi connectivity index (χ4v) is 2.78. The Balaban J connectivity index is 1.95. The zero-order valence-electron chi connectivity index (χ0n) is 9.08. The standard InChI is InChI=1S/C12H17NO2/c1-2-10-7-12(8-15-10)11-9(3-5-13-12)4-6-14-11/h4,6,10,13H,2-3,5,7-8H2,1H3. The van der Waals surface area contributed by atoms with Crippen molar-refractivity contribution in [1.82, 2.24) is 5.32 Å². The molecular formula is C12H17NO2. The molecule has 1 N–H and O–H groups in total. The molecule has 3 heteroatoms. The highest BCUT2D eigenvalue weighted by Gasteiger charge is 2.45. The van der Waals surface area contributed by atoms with Gasteiger partial charge in [0, 0.05) is 13.0 Å². The second kappa shape index (κ2) is 3.35. The second-order valence-corrected chi connectivity index (χ2v) is 4.58. The van der Waals surface area contributed by atoms with Gasteiger partial charge in [-0.1, -0.05) is 6.92 Å². The summed E-state index contributed by atoms with van der Waals surface area (Å²) in [4.78, 5) is 0. The van der Waals surface area contributed by atoms with Crippen molar-refractivity contribution >= 4 is 0 Å². The zero-order valence-corrected chi connectivity index (χ0v) is 9.08. The molecule has 0 amide bonds. The molecule has 0 aliphatic carbocycles. The summed E-state index contributed by atoms with van der Waals surface area (Å²) in [6.07, 6.45) is 5.39. The van der Waals surface area contributed by atoms with E-state index in [1.54, 1.807) is 6.26 Å². The first-order valence-corrected chi connectivity index (χ1v) is 5.77. The zero-order chi connectivity index (χ0) is 10.3. The van der Waals surface area contributed by atoms with E-state index in [1.165, 1.54) is 5.56 Å². The van der Waals surface area contributed by atoms with E-state index in [1.807, 2.05) is 0 Å². The van der Waals surface area contributed by atoms with Crippen molar-refractivity contribution in [2.45, 2.75) is 37.8 Å². The van der Waals surface area contributed by atoms with Crippen molar-refractivity contribution in [1.29, 1.82) is 0 Å². The molecule has 82 valence electrons. The van der Waals surface area contributed by atoms with Crippen molar-refractivity contribution in [2.75, 3.05) is 13.2 Å². The SMILES string of the molecule is CCC1CC2(CO1)NCCc1ccoc12. The summed E-state index contributed by atoms with van der Waals surface area (Å²) in [5.74, 6) is 1.12. The molecule has 1 aromatic rings. The van der Waals surface area contributed by atoms with E-state index in [9.17, 15) is 0 Å². The highest BCUT2D eigenvalue weighted by atomic mass is 16.5. The Hall–Kier alpha value is -0.800. The van der Waals surface area contributed by atoms with Gasteiger partial charge >= 0.3 is 0 Å². The van der Waals surface area contributed by atoms with E-state index >= 15 is 0 Å². The van der Waals surface area contributed by atoms with Crippen LogP contribution in [0.3, 0.4) is 0 Å². The van der Waals surface area contributed by atoms with Crippen molar-refractivity contribution in [2.24, 2.45) is 0 Å². The molecule has 0 aromatic carbocycles. The molecule has 3 rings (SSSR count). The summed E-state index contributed by atoms with van der Waals surface area (Å²) < 4.78 is 11.4. The third-order valence-electron chi connectivity index (χ3n) is 3.64. The molecule has 2 aliphatic heterocycles. The van der Waals surface area contributed by atoms with E-state index in [0.29, 0.717) is 6.10 Å². The Kier molecular flexibility index (Phi) is 2.11. The van der Waals surface area contributed by atoms with Crippen molar-refractivity contribution in [3.8, 4) is 0 Å². The van der Waals surface area contributed by atoms with Gasteiger partial charge in [-0.15, -0.1) is 0 Å². The Bertz CT molecular complexity index is 360. The maximum atomic E-state index is 5.80. The van der Waals surface area contributed by atoms with Crippen molar-refractivity contribution < 1.29 is 9.15 Å². The van der Waals surface area contributed by atoms with Crippen LogP contribution in [0.5, 0.6) is 0 Å². The summed E-state index contributed by atoms with van der Waals surface area (Å²) in [6, 6.07) is 2.09. The third kappa shape index (κ3) is 1.34. The van der Waals surface area contributed by atoms with Crippen molar-refractivity contribution in [3.63, 3.8) is 0 Å². The van der Waals surface area contributed by atoms with Crippen molar-refractivity contribution in [3.05, 3.63) is 23.7 Å². The summed E-state index contributed by atoms with van der Waals surface area (Å²) in [7, 11) is 0. The number of rotatable bonds is 1. The number of hydrogen-bond donors (Lipinski definition) is 1. The van der Waals surface area contributed by atoms with Gasteiger partial charge in [-0.2, -0.15) is 0 Å². The fourth-order valence-electron chi connectivity index (χ4n) is 2.78. The second-order valence-electron chi connectivity index (χ2n) is 4.58. The maximum absolute atomic E-state index is 5.80. The molecule has 1 fully saturated rings. The van der Waals surface area contributed by atoms with Gasteiger partial charge in [-0.05, 0) is 24.5 Å². The van der Waals surface area contributed by atoms with Gasteiger partial charge in [0.05, 0.1) is 19.0 Å². The molecule has 0 saturated carbocycles. The Morgan fingerprint density at radius 1 is 1.60 bits per heavy atom. The lowest BCUT2D eigenvalue weighted by Crippen LogP contribution is -2.47. The van der Waals surface area contributed by atoms with E-state index in [4.69, 9.17) is 9.15 Å². The minimum absolute atomic E-state index is 0.0300. The molecular weight excluding hydrogens is 190 g/mol.